The van der Waals surface area contributed by atoms with Crippen molar-refractivity contribution >= 4 is 18.4 Å². The van der Waals surface area contributed by atoms with E-state index in [9.17, 15) is 9.67 Å². The van der Waals surface area contributed by atoms with Crippen molar-refractivity contribution in [2.24, 2.45) is 0 Å². The van der Waals surface area contributed by atoms with Gasteiger partial charge < -0.3 is 14.2 Å². The second-order valence-corrected chi connectivity index (χ2v) is 6.18. The molecule has 5 heteroatoms. The molecule has 0 aromatic heterocycles. The Morgan fingerprint density at radius 3 is 2.28 bits per heavy atom. The van der Waals surface area contributed by atoms with Crippen molar-refractivity contribution < 1.29 is 18.7 Å². The highest BCUT2D eigenvalue weighted by atomic mass is 31.2. The summed E-state index contributed by atoms with van der Waals surface area (Å²) in [5, 5.41) is 12.1. The molecule has 0 aliphatic rings. The van der Waals surface area contributed by atoms with Crippen LogP contribution in [0.4, 0.5) is 0 Å². The lowest BCUT2D eigenvalue weighted by atomic mass is 10.1. The molecule has 1 unspecified atom stereocenters. The number of aliphatic hydroxyl groups is 1. The molecule has 0 aliphatic heterocycles. The normalized spacial score (nSPS) is 13.7. The van der Waals surface area contributed by atoms with E-state index in [2.05, 4.69) is 0 Å². The highest BCUT2D eigenvalue weighted by Crippen LogP contribution is 2.58. The van der Waals surface area contributed by atoms with Crippen molar-refractivity contribution in [1.82, 2.24) is 0 Å². The summed E-state index contributed by atoms with van der Waals surface area (Å²) in [6.07, 6.45) is 0. The first-order chi connectivity index (χ1) is 8.60. The van der Waals surface area contributed by atoms with Gasteiger partial charge in [-0.15, -0.1) is 0 Å². The van der Waals surface area contributed by atoms with Gasteiger partial charge in [0.15, 0.2) is 5.85 Å². The largest absolute Gasteiger partial charge is 0.376 e. The fourth-order valence-electron chi connectivity index (χ4n) is 1.83. The lowest BCUT2D eigenvalue weighted by molar-refractivity contribution is 0.176. The standard InChI is InChI=1S/C13H15O4P/c1-16-18(15,17-2)13(14)12-8-7-10-5-3-4-6-11(10)9-12/h3-9,13-14H,1-2H3. The third-order valence-electron chi connectivity index (χ3n) is 2.88. The number of hydrogen-bond donors (Lipinski definition) is 1. The van der Waals surface area contributed by atoms with Gasteiger partial charge >= 0.3 is 7.60 Å². The monoisotopic (exact) mass is 266 g/mol. The Kier molecular flexibility index (Phi) is 3.83. The molecular formula is C13H15O4P. The molecule has 18 heavy (non-hydrogen) atoms. The van der Waals surface area contributed by atoms with Gasteiger partial charge in [0.05, 0.1) is 0 Å². The van der Waals surface area contributed by atoms with E-state index in [4.69, 9.17) is 9.05 Å². The average Bonchev–Trinajstić information content (AvgIpc) is 2.45. The predicted octanol–water partition coefficient (Wildman–Crippen LogP) is 3.32. The van der Waals surface area contributed by atoms with Crippen LogP contribution in [0.1, 0.15) is 11.4 Å². The zero-order valence-electron chi connectivity index (χ0n) is 10.2. The van der Waals surface area contributed by atoms with Crippen LogP contribution < -0.4 is 0 Å². The van der Waals surface area contributed by atoms with E-state index in [-0.39, 0.29) is 0 Å². The van der Waals surface area contributed by atoms with Crippen molar-refractivity contribution in [1.29, 1.82) is 0 Å². The highest BCUT2D eigenvalue weighted by Gasteiger charge is 2.33. The summed E-state index contributed by atoms with van der Waals surface area (Å²) in [6, 6.07) is 13.1. The van der Waals surface area contributed by atoms with E-state index in [1.165, 1.54) is 14.2 Å². The second-order valence-electron chi connectivity index (χ2n) is 3.89. The van der Waals surface area contributed by atoms with E-state index in [0.717, 1.165) is 10.8 Å². The van der Waals surface area contributed by atoms with Crippen molar-refractivity contribution in [2.75, 3.05) is 14.2 Å². The van der Waals surface area contributed by atoms with Crippen LogP contribution in [0, 0.1) is 0 Å². The lowest BCUT2D eigenvalue weighted by Gasteiger charge is -2.20. The zero-order valence-corrected chi connectivity index (χ0v) is 11.1. The van der Waals surface area contributed by atoms with Crippen molar-refractivity contribution in [2.45, 2.75) is 5.85 Å². The molecule has 0 saturated heterocycles. The molecule has 96 valence electrons. The number of benzene rings is 2. The third-order valence-corrected chi connectivity index (χ3v) is 4.80. The Bertz CT molecular complexity index is 588. The van der Waals surface area contributed by atoms with E-state index >= 15 is 0 Å². The van der Waals surface area contributed by atoms with E-state index in [1.807, 2.05) is 30.3 Å². The first kappa shape index (κ1) is 13.2. The molecule has 0 fully saturated rings. The van der Waals surface area contributed by atoms with Gasteiger partial charge in [-0.25, -0.2) is 0 Å². The molecule has 0 heterocycles. The third kappa shape index (κ3) is 2.33. The van der Waals surface area contributed by atoms with Crippen LogP contribution in [-0.4, -0.2) is 19.3 Å². The fraction of sp³-hybridized carbons (Fsp3) is 0.231. The molecule has 1 atom stereocenters. The van der Waals surface area contributed by atoms with Crippen LogP contribution in [-0.2, 0) is 13.6 Å². The maximum Gasteiger partial charge on any atom is 0.362 e. The number of hydrogen-bond acceptors (Lipinski definition) is 4. The number of fused-ring (bicyclic) bond motifs is 1. The quantitative estimate of drug-likeness (QED) is 0.862. The molecule has 0 saturated carbocycles. The summed E-state index contributed by atoms with van der Waals surface area (Å²) in [4.78, 5) is 0. The lowest BCUT2D eigenvalue weighted by Crippen LogP contribution is -2.02. The molecule has 2 aromatic rings. The smallest absolute Gasteiger partial charge is 0.362 e. The molecule has 0 amide bonds. The van der Waals surface area contributed by atoms with Crippen molar-refractivity contribution in [3.63, 3.8) is 0 Å². The summed E-state index contributed by atoms with van der Waals surface area (Å²) in [5.41, 5.74) is 0.515. The predicted molar refractivity (Wildman–Crippen MR) is 70.5 cm³/mol. The Morgan fingerprint density at radius 1 is 1.06 bits per heavy atom. The molecule has 0 spiro atoms. The Labute approximate surface area is 106 Å². The zero-order chi connectivity index (χ0) is 13.2. The van der Waals surface area contributed by atoms with Gasteiger partial charge in [-0.1, -0.05) is 36.4 Å². The summed E-state index contributed by atoms with van der Waals surface area (Å²) in [6.45, 7) is 0. The molecule has 0 radical (unpaired) electrons. The maximum absolute atomic E-state index is 12.1. The Morgan fingerprint density at radius 2 is 1.67 bits per heavy atom. The van der Waals surface area contributed by atoms with Crippen molar-refractivity contribution in [3.8, 4) is 0 Å². The molecule has 4 nitrogen and oxygen atoms in total. The van der Waals surface area contributed by atoms with Gasteiger partial charge in [0.2, 0.25) is 0 Å². The van der Waals surface area contributed by atoms with E-state index in [1.54, 1.807) is 12.1 Å². The van der Waals surface area contributed by atoms with Gasteiger partial charge in [-0.2, -0.15) is 0 Å². The van der Waals surface area contributed by atoms with Gasteiger partial charge in [0.1, 0.15) is 0 Å². The maximum atomic E-state index is 12.1. The van der Waals surface area contributed by atoms with Crippen LogP contribution in [0.5, 0.6) is 0 Å². The summed E-state index contributed by atoms with van der Waals surface area (Å²) in [7, 11) is -1.000. The first-order valence-electron chi connectivity index (χ1n) is 5.48. The van der Waals surface area contributed by atoms with Crippen LogP contribution in [0.15, 0.2) is 42.5 Å². The topological polar surface area (TPSA) is 55.8 Å². The van der Waals surface area contributed by atoms with Gasteiger partial charge in [-0.05, 0) is 22.4 Å². The molecular weight excluding hydrogens is 251 g/mol. The van der Waals surface area contributed by atoms with Gasteiger partial charge in [0.25, 0.3) is 0 Å². The summed E-state index contributed by atoms with van der Waals surface area (Å²) >= 11 is 0. The fourth-order valence-corrected chi connectivity index (χ4v) is 2.90. The Hall–Kier alpha value is -1.19. The number of aliphatic hydroxyl groups excluding tert-OH is 1. The molecule has 2 aromatic carbocycles. The molecule has 2 rings (SSSR count). The van der Waals surface area contributed by atoms with Crippen LogP contribution in [0.2, 0.25) is 0 Å². The van der Waals surface area contributed by atoms with Gasteiger partial charge in [0, 0.05) is 14.2 Å². The number of rotatable bonds is 4. The van der Waals surface area contributed by atoms with Crippen LogP contribution in [0.3, 0.4) is 0 Å². The minimum absolute atomic E-state index is 0.515. The summed E-state index contributed by atoms with van der Waals surface area (Å²) < 4.78 is 21.7. The van der Waals surface area contributed by atoms with Crippen molar-refractivity contribution in [3.05, 3.63) is 48.0 Å². The van der Waals surface area contributed by atoms with E-state index in [0.29, 0.717) is 5.56 Å². The highest BCUT2D eigenvalue weighted by molar-refractivity contribution is 7.54. The minimum atomic E-state index is -3.52. The van der Waals surface area contributed by atoms with Gasteiger partial charge in [-0.3, -0.25) is 4.57 Å². The van der Waals surface area contributed by atoms with Crippen LogP contribution in [0.25, 0.3) is 10.8 Å². The average molecular weight is 266 g/mol. The SMILES string of the molecule is COP(=O)(OC)C(O)c1ccc2ccccc2c1. The second kappa shape index (κ2) is 5.21. The minimum Gasteiger partial charge on any atom is -0.376 e. The molecule has 0 aliphatic carbocycles. The van der Waals surface area contributed by atoms with Crippen LogP contribution >= 0.6 is 7.60 Å². The summed E-state index contributed by atoms with van der Waals surface area (Å²) in [5.74, 6) is -1.28. The first-order valence-corrected chi connectivity index (χ1v) is 7.10. The molecule has 1 N–H and O–H groups in total. The molecule has 0 bridgehead atoms. The Balaban J connectivity index is 2.45. The van der Waals surface area contributed by atoms with E-state index < -0.39 is 13.4 Å².